The van der Waals surface area contributed by atoms with E-state index in [-0.39, 0.29) is 41.4 Å². The quantitative estimate of drug-likeness (QED) is 0.149. The number of hydrogen-bond donors (Lipinski definition) is 4. The minimum atomic E-state index is -3.57. The first-order valence-electron chi connectivity index (χ1n) is 18.7. The summed E-state index contributed by atoms with van der Waals surface area (Å²) < 4.78 is 26.1. The van der Waals surface area contributed by atoms with Crippen LogP contribution in [0.4, 0.5) is 4.79 Å². The number of urea groups is 1. The highest BCUT2D eigenvalue weighted by molar-refractivity contribution is 7.92. The molecule has 0 aromatic heterocycles. The molecule has 50 heavy (non-hydrogen) atoms. The van der Waals surface area contributed by atoms with Gasteiger partial charge in [0.2, 0.25) is 17.6 Å². The molecule has 0 aromatic rings. The summed E-state index contributed by atoms with van der Waals surface area (Å²) in [5, 5.41) is 11.4. The highest BCUT2D eigenvalue weighted by Gasteiger charge is 2.79. The van der Waals surface area contributed by atoms with Gasteiger partial charge in [-0.2, -0.15) is 0 Å². The SMILES string of the molecule is C=CCNC(=O)C(=O)C(CC1CC1)NC(=O)[C@@H]1[C@@H]2C(CN1C(=O)[C@@H](NC(=O)NC1(CS(=O)(=O)C(C)(C)CC)CCCCC1)C(C)(C)C)C21CC1. The fourth-order valence-corrected chi connectivity index (χ4v) is 10.4. The van der Waals surface area contributed by atoms with Gasteiger partial charge in [0.05, 0.1) is 22.1 Å². The lowest BCUT2D eigenvalue weighted by molar-refractivity contribution is -0.145. The Morgan fingerprint density at radius 1 is 0.960 bits per heavy atom. The molecule has 4 N–H and O–H groups in total. The van der Waals surface area contributed by atoms with E-state index in [0.29, 0.717) is 32.2 Å². The molecule has 0 bridgehead atoms. The molecule has 1 spiro atoms. The maximum absolute atomic E-state index is 14.5. The summed E-state index contributed by atoms with van der Waals surface area (Å²) in [6.45, 7) is 14.9. The number of fused-ring (bicyclic) bond motifs is 3. The van der Waals surface area contributed by atoms with Crippen LogP contribution in [-0.2, 0) is 29.0 Å². The van der Waals surface area contributed by atoms with E-state index in [2.05, 4.69) is 27.8 Å². The number of carbonyl (C=O) groups excluding carboxylic acids is 5. The number of ketones is 1. The van der Waals surface area contributed by atoms with Gasteiger partial charge in [0.1, 0.15) is 12.1 Å². The van der Waals surface area contributed by atoms with Crippen LogP contribution in [0.2, 0.25) is 0 Å². The van der Waals surface area contributed by atoms with E-state index in [1.165, 1.54) is 6.08 Å². The van der Waals surface area contributed by atoms with Gasteiger partial charge in [-0.3, -0.25) is 19.2 Å². The zero-order chi connectivity index (χ0) is 36.9. The molecule has 1 aliphatic heterocycles. The van der Waals surface area contributed by atoms with E-state index >= 15 is 0 Å². The maximum Gasteiger partial charge on any atom is 0.315 e. The fraction of sp³-hybridized carbons (Fsp3) is 0.811. The molecule has 280 valence electrons. The third-order valence-electron chi connectivity index (χ3n) is 12.4. The van der Waals surface area contributed by atoms with Crippen molar-refractivity contribution in [2.45, 2.75) is 141 Å². The summed E-state index contributed by atoms with van der Waals surface area (Å²) in [6, 6.07) is -3.42. The molecule has 5 atom stereocenters. The molecule has 0 radical (unpaired) electrons. The van der Waals surface area contributed by atoms with Gasteiger partial charge >= 0.3 is 6.03 Å². The van der Waals surface area contributed by atoms with Gasteiger partial charge < -0.3 is 26.2 Å². The minimum absolute atomic E-state index is 0.0372. The van der Waals surface area contributed by atoms with Crippen molar-refractivity contribution < 1.29 is 32.4 Å². The lowest BCUT2D eigenvalue weighted by Gasteiger charge is -2.41. The van der Waals surface area contributed by atoms with E-state index in [0.717, 1.165) is 44.9 Å². The van der Waals surface area contributed by atoms with Gasteiger partial charge in [-0.1, -0.05) is 65.9 Å². The monoisotopic (exact) mass is 717 g/mol. The predicted molar refractivity (Wildman–Crippen MR) is 191 cm³/mol. The Hall–Kier alpha value is -2.96. The Labute approximate surface area is 298 Å². The number of amides is 5. The van der Waals surface area contributed by atoms with Crippen molar-refractivity contribution >= 4 is 39.4 Å². The zero-order valence-electron chi connectivity index (χ0n) is 30.9. The van der Waals surface area contributed by atoms with Crippen molar-refractivity contribution in [1.29, 1.82) is 0 Å². The summed E-state index contributed by atoms with van der Waals surface area (Å²) in [7, 11) is -3.57. The highest BCUT2D eigenvalue weighted by Crippen LogP contribution is 2.78. The third kappa shape index (κ3) is 7.77. The van der Waals surface area contributed by atoms with Crippen LogP contribution in [0.15, 0.2) is 12.7 Å². The van der Waals surface area contributed by atoms with Gasteiger partial charge in [0.15, 0.2) is 9.84 Å². The van der Waals surface area contributed by atoms with Crippen LogP contribution in [0, 0.1) is 28.6 Å². The lowest BCUT2D eigenvalue weighted by atomic mass is 9.83. The molecule has 5 rings (SSSR count). The van der Waals surface area contributed by atoms with Gasteiger partial charge in [0.25, 0.3) is 5.91 Å². The second kappa shape index (κ2) is 13.9. The molecule has 5 amide bonds. The predicted octanol–water partition coefficient (Wildman–Crippen LogP) is 3.40. The van der Waals surface area contributed by atoms with Crippen molar-refractivity contribution in [1.82, 2.24) is 26.2 Å². The summed E-state index contributed by atoms with van der Waals surface area (Å²) >= 11 is 0. The van der Waals surface area contributed by atoms with Crippen LogP contribution >= 0.6 is 0 Å². The average Bonchev–Trinajstić information content (AvgIpc) is 4.01. The zero-order valence-corrected chi connectivity index (χ0v) is 31.7. The Morgan fingerprint density at radius 3 is 2.14 bits per heavy atom. The lowest BCUT2D eigenvalue weighted by Crippen LogP contribution is -2.64. The number of likely N-dealkylation sites (tertiary alicyclic amines) is 1. The second-order valence-electron chi connectivity index (χ2n) is 17.5. The molecule has 4 aliphatic carbocycles. The van der Waals surface area contributed by atoms with Gasteiger partial charge in [-0.05, 0) is 81.0 Å². The van der Waals surface area contributed by atoms with E-state index in [9.17, 15) is 32.4 Å². The number of Topliss-reactive ketones (excluding diaryl/α,β-unsaturated/α-hetero) is 1. The van der Waals surface area contributed by atoms with E-state index in [4.69, 9.17) is 0 Å². The molecule has 1 saturated heterocycles. The van der Waals surface area contributed by atoms with Gasteiger partial charge in [-0.25, -0.2) is 13.2 Å². The third-order valence-corrected chi connectivity index (χ3v) is 15.3. The van der Waals surface area contributed by atoms with Crippen molar-refractivity contribution in [2.24, 2.45) is 28.6 Å². The van der Waals surface area contributed by atoms with Crippen LogP contribution in [0.5, 0.6) is 0 Å². The Morgan fingerprint density at radius 2 is 1.60 bits per heavy atom. The summed E-state index contributed by atoms with van der Waals surface area (Å²) in [5.41, 5.74) is -1.65. The number of sulfone groups is 1. The van der Waals surface area contributed by atoms with E-state index in [1.807, 2.05) is 27.7 Å². The normalized spacial score (nSPS) is 26.2. The fourth-order valence-electron chi connectivity index (χ4n) is 8.46. The first-order valence-corrected chi connectivity index (χ1v) is 20.3. The molecule has 12 nitrogen and oxygen atoms in total. The molecule has 2 unspecified atom stereocenters. The number of nitrogens with zero attached hydrogens (tertiary/aromatic N) is 1. The number of hydrogen-bond acceptors (Lipinski definition) is 7. The van der Waals surface area contributed by atoms with Crippen molar-refractivity contribution in [2.75, 3.05) is 18.8 Å². The van der Waals surface area contributed by atoms with Crippen LogP contribution in [0.25, 0.3) is 0 Å². The molecule has 5 fully saturated rings. The molecular formula is C37H59N5O7S. The Bertz CT molecular complexity index is 1490. The average molecular weight is 718 g/mol. The maximum atomic E-state index is 14.5. The van der Waals surface area contributed by atoms with Crippen molar-refractivity contribution in [3.63, 3.8) is 0 Å². The van der Waals surface area contributed by atoms with Gasteiger partial charge in [0, 0.05) is 13.1 Å². The Kier molecular flexibility index (Phi) is 10.6. The number of piperidine rings is 1. The largest absolute Gasteiger partial charge is 0.346 e. The first kappa shape index (κ1) is 38.3. The second-order valence-corrected chi connectivity index (χ2v) is 20.1. The van der Waals surface area contributed by atoms with E-state index < -0.39 is 67.3 Å². The Balaban J connectivity index is 1.34. The van der Waals surface area contributed by atoms with Crippen LogP contribution in [0.3, 0.4) is 0 Å². The van der Waals surface area contributed by atoms with Gasteiger partial charge in [-0.15, -0.1) is 6.58 Å². The van der Waals surface area contributed by atoms with E-state index in [1.54, 1.807) is 18.7 Å². The highest BCUT2D eigenvalue weighted by atomic mass is 32.2. The van der Waals surface area contributed by atoms with Crippen molar-refractivity contribution in [3.8, 4) is 0 Å². The number of carbonyl (C=O) groups is 5. The number of rotatable bonds is 15. The number of nitrogens with one attached hydrogen (secondary N) is 4. The topological polar surface area (TPSA) is 171 Å². The summed E-state index contributed by atoms with van der Waals surface area (Å²) in [4.78, 5) is 69.8. The standard InChI is InChI=1S/C37H59N5O7S/c1-8-19-38-31(45)28(43)25(20-23-13-14-23)39-30(44)27-26-24(37(26)17-18-37)21-42(27)32(46)29(34(3,4)5)40-33(47)41-36(15-11-10-12-16-36)22-50(48,49)35(6,7)9-2/h8,23-27,29H,1,9-22H2,2-7H3,(H,38,45)(H,39,44)(H2,40,41,47)/t24?,25?,26-,27-,29+/m0/s1. The molecule has 13 heteroatoms. The molecule has 1 heterocycles. The first-order chi connectivity index (χ1) is 23.3. The van der Waals surface area contributed by atoms with Crippen LogP contribution < -0.4 is 21.3 Å². The van der Waals surface area contributed by atoms with Crippen LogP contribution in [0.1, 0.15) is 112 Å². The summed E-state index contributed by atoms with van der Waals surface area (Å²) in [6.07, 6.45) is 9.74. The molecule has 0 aromatic carbocycles. The van der Waals surface area contributed by atoms with Crippen molar-refractivity contribution in [3.05, 3.63) is 12.7 Å². The molecular weight excluding hydrogens is 659 g/mol. The minimum Gasteiger partial charge on any atom is -0.346 e. The molecule has 4 saturated carbocycles. The summed E-state index contributed by atoms with van der Waals surface area (Å²) in [5.74, 6) is -2.09. The molecule has 5 aliphatic rings. The van der Waals surface area contributed by atoms with Crippen LogP contribution in [-0.4, -0.2) is 90.1 Å². The smallest absolute Gasteiger partial charge is 0.315 e.